The van der Waals surface area contributed by atoms with E-state index >= 15 is 0 Å². The second-order valence-electron chi connectivity index (χ2n) is 4.61. The molecule has 0 saturated carbocycles. The van der Waals surface area contributed by atoms with E-state index < -0.39 is 0 Å². The first-order valence-corrected chi connectivity index (χ1v) is 6.42. The standard InChI is InChI=1S/C15H16N4O/c1-3-13-8-14(18-17-13)15(20)19(2)10-12-6-4-5-11(7-12)9-16/h4-8H,3,10H2,1-2H3,(H,17,18). The van der Waals surface area contributed by atoms with Crippen molar-refractivity contribution in [3.05, 3.63) is 52.8 Å². The molecule has 0 spiro atoms. The Morgan fingerprint density at radius 2 is 2.25 bits per heavy atom. The maximum Gasteiger partial charge on any atom is 0.274 e. The first-order chi connectivity index (χ1) is 9.63. The molecule has 2 aromatic rings. The van der Waals surface area contributed by atoms with Gasteiger partial charge in [-0.2, -0.15) is 10.4 Å². The van der Waals surface area contributed by atoms with Crippen LogP contribution in [-0.2, 0) is 13.0 Å². The molecule has 0 atom stereocenters. The van der Waals surface area contributed by atoms with Crippen LogP contribution in [-0.4, -0.2) is 28.1 Å². The number of H-pyrrole nitrogens is 1. The van der Waals surface area contributed by atoms with Gasteiger partial charge in [-0.3, -0.25) is 9.89 Å². The van der Waals surface area contributed by atoms with E-state index in [4.69, 9.17) is 5.26 Å². The number of hydrogen-bond donors (Lipinski definition) is 1. The van der Waals surface area contributed by atoms with Gasteiger partial charge in [-0.1, -0.05) is 19.1 Å². The number of nitrogens with one attached hydrogen (secondary N) is 1. The number of nitriles is 1. The number of carbonyl (C=O) groups is 1. The summed E-state index contributed by atoms with van der Waals surface area (Å²) < 4.78 is 0. The van der Waals surface area contributed by atoms with Crippen molar-refractivity contribution >= 4 is 5.91 Å². The van der Waals surface area contributed by atoms with Crippen LogP contribution in [0.4, 0.5) is 0 Å². The number of amides is 1. The highest BCUT2D eigenvalue weighted by Gasteiger charge is 2.15. The van der Waals surface area contributed by atoms with Gasteiger partial charge >= 0.3 is 0 Å². The van der Waals surface area contributed by atoms with Crippen molar-refractivity contribution in [2.24, 2.45) is 0 Å². The molecule has 0 fully saturated rings. The summed E-state index contributed by atoms with van der Waals surface area (Å²) in [6.45, 7) is 2.45. The predicted octanol–water partition coefficient (Wildman–Crippen LogP) is 2.12. The smallest absolute Gasteiger partial charge is 0.274 e. The third kappa shape index (κ3) is 3.04. The van der Waals surface area contributed by atoms with Crippen molar-refractivity contribution in [3.63, 3.8) is 0 Å². The van der Waals surface area contributed by atoms with Gasteiger partial charge in [0.05, 0.1) is 11.6 Å². The summed E-state index contributed by atoms with van der Waals surface area (Å²) in [5, 5.41) is 15.7. The average Bonchev–Trinajstić information content (AvgIpc) is 2.95. The number of benzene rings is 1. The zero-order valence-electron chi connectivity index (χ0n) is 11.6. The van der Waals surface area contributed by atoms with E-state index in [1.807, 2.05) is 19.1 Å². The summed E-state index contributed by atoms with van der Waals surface area (Å²) in [6, 6.07) is 11.1. The van der Waals surface area contributed by atoms with E-state index in [0.29, 0.717) is 17.8 Å². The maximum atomic E-state index is 12.2. The molecule has 0 aliphatic heterocycles. The molecule has 0 radical (unpaired) electrons. The van der Waals surface area contributed by atoms with Gasteiger partial charge in [-0.15, -0.1) is 0 Å². The lowest BCUT2D eigenvalue weighted by Crippen LogP contribution is -2.26. The van der Waals surface area contributed by atoms with Gasteiger partial charge in [0.15, 0.2) is 0 Å². The van der Waals surface area contributed by atoms with Crippen molar-refractivity contribution in [3.8, 4) is 6.07 Å². The third-order valence-corrected chi connectivity index (χ3v) is 3.05. The minimum atomic E-state index is -0.136. The molecule has 5 heteroatoms. The van der Waals surface area contributed by atoms with Crippen LogP contribution in [0.3, 0.4) is 0 Å². The van der Waals surface area contributed by atoms with Gasteiger partial charge in [0.1, 0.15) is 5.69 Å². The number of nitrogens with zero attached hydrogens (tertiary/aromatic N) is 3. The Morgan fingerprint density at radius 3 is 2.90 bits per heavy atom. The topological polar surface area (TPSA) is 72.8 Å². The molecule has 1 amide bonds. The molecular weight excluding hydrogens is 252 g/mol. The van der Waals surface area contributed by atoms with Gasteiger partial charge in [0.2, 0.25) is 0 Å². The van der Waals surface area contributed by atoms with Crippen LogP contribution in [0.1, 0.15) is 34.2 Å². The zero-order valence-corrected chi connectivity index (χ0v) is 11.6. The largest absolute Gasteiger partial charge is 0.336 e. The van der Waals surface area contributed by atoms with Crippen LogP contribution >= 0.6 is 0 Å². The number of aromatic nitrogens is 2. The quantitative estimate of drug-likeness (QED) is 0.923. The van der Waals surface area contributed by atoms with Crippen molar-refractivity contribution < 1.29 is 4.79 Å². The highest BCUT2D eigenvalue weighted by molar-refractivity contribution is 5.92. The summed E-state index contributed by atoms with van der Waals surface area (Å²) in [7, 11) is 1.72. The Labute approximate surface area is 117 Å². The summed E-state index contributed by atoms with van der Waals surface area (Å²) >= 11 is 0. The first kappa shape index (κ1) is 13.8. The Kier molecular flexibility index (Phi) is 4.16. The highest BCUT2D eigenvalue weighted by Crippen LogP contribution is 2.10. The maximum absolute atomic E-state index is 12.2. The fourth-order valence-corrected chi connectivity index (χ4v) is 1.93. The lowest BCUT2D eigenvalue weighted by Gasteiger charge is -2.15. The summed E-state index contributed by atoms with van der Waals surface area (Å²) in [6.07, 6.45) is 0.814. The van der Waals surface area contributed by atoms with E-state index in [9.17, 15) is 4.79 Å². The second-order valence-corrected chi connectivity index (χ2v) is 4.61. The Hall–Kier alpha value is -2.61. The molecule has 1 aromatic carbocycles. The van der Waals surface area contributed by atoms with Gasteiger partial charge < -0.3 is 4.90 Å². The molecule has 2 rings (SSSR count). The zero-order chi connectivity index (χ0) is 14.5. The van der Waals surface area contributed by atoms with Crippen LogP contribution in [0.2, 0.25) is 0 Å². The summed E-state index contributed by atoms with van der Waals surface area (Å²) in [5.74, 6) is -0.136. The fraction of sp³-hybridized carbons (Fsp3) is 0.267. The number of aromatic amines is 1. The lowest BCUT2D eigenvalue weighted by atomic mass is 10.1. The van der Waals surface area contributed by atoms with Gasteiger partial charge in [-0.25, -0.2) is 0 Å². The molecule has 20 heavy (non-hydrogen) atoms. The molecule has 1 heterocycles. The lowest BCUT2D eigenvalue weighted by molar-refractivity contribution is 0.0779. The molecule has 5 nitrogen and oxygen atoms in total. The molecule has 0 unspecified atom stereocenters. The van der Waals surface area contributed by atoms with Crippen molar-refractivity contribution in [1.29, 1.82) is 5.26 Å². The van der Waals surface area contributed by atoms with Gasteiger partial charge in [0, 0.05) is 19.3 Å². The molecule has 0 bridgehead atoms. The van der Waals surface area contributed by atoms with Crippen LogP contribution < -0.4 is 0 Å². The average molecular weight is 268 g/mol. The minimum Gasteiger partial charge on any atom is -0.336 e. The SMILES string of the molecule is CCc1cc(C(=O)N(C)Cc2cccc(C#N)c2)n[nH]1. The Balaban J connectivity index is 2.09. The summed E-state index contributed by atoms with van der Waals surface area (Å²) in [4.78, 5) is 13.8. The van der Waals surface area contributed by atoms with Crippen LogP contribution in [0, 0.1) is 11.3 Å². The highest BCUT2D eigenvalue weighted by atomic mass is 16.2. The van der Waals surface area contributed by atoms with E-state index in [1.54, 1.807) is 30.1 Å². The summed E-state index contributed by atoms with van der Waals surface area (Å²) in [5.41, 5.74) is 2.87. The monoisotopic (exact) mass is 268 g/mol. The van der Waals surface area contributed by atoms with Crippen molar-refractivity contribution in [1.82, 2.24) is 15.1 Å². The van der Waals surface area contributed by atoms with Crippen LogP contribution in [0.5, 0.6) is 0 Å². The van der Waals surface area contributed by atoms with E-state index in [1.165, 1.54) is 0 Å². The van der Waals surface area contributed by atoms with E-state index in [2.05, 4.69) is 16.3 Å². The van der Waals surface area contributed by atoms with Gasteiger partial charge in [-0.05, 0) is 30.2 Å². The van der Waals surface area contributed by atoms with Crippen molar-refractivity contribution in [2.75, 3.05) is 7.05 Å². The van der Waals surface area contributed by atoms with Crippen molar-refractivity contribution in [2.45, 2.75) is 19.9 Å². The molecule has 1 N–H and O–H groups in total. The Morgan fingerprint density at radius 1 is 1.45 bits per heavy atom. The predicted molar refractivity (Wildman–Crippen MR) is 74.9 cm³/mol. The number of aryl methyl sites for hydroxylation is 1. The molecule has 102 valence electrons. The van der Waals surface area contributed by atoms with Crippen LogP contribution in [0.25, 0.3) is 0 Å². The van der Waals surface area contributed by atoms with Crippen LogP contribution in [0.15, 0.2) is 30.3 Å². The minimum absolute atomic E-state index is 0.136. The molecular formula is C15H16N4O. The third-order valence-electron chi connectivity index (χ3n) is 3.05. The number of rotatable bonds is 4. The molecule has 0 aliphatic carbocycles. The fourth-order valence-electron chi connectivity index (χ4n) is 1.93. The van der Waals surface area contributed by atoms with Gasteiger partial charge in [0.25, 0.3) is 5.91 Å². The Bertz CT molecular complexity index is 654. The van der Waals surface area contributed by atoms with E-state index in [0.717, 1.165) is 17.7 Å². The molecule has 1 aromatic heterocycles. The first-order valence-electron chi connectivity index (χ1n) is 6.42. The number of hydrogen-bond acceptors (Lipinski definition) is 3. The molecule has 0 saturated heterocycles. The van der Waals surface area contributed by atoms with E-state index in [-0.39, 0.29) is 5.91 Å². The molecule has 0 aliphatic rings. The second kappa shape index (κ2) is 6.02. The number of carbonyl (C=O) groups excluding carboxylic acids is 1. The normalized spacial score (nSPS) is 10.1.